The van der Waals surface area contributed by atoms with E-state index in [9.17, 15) is 4.79 Å². The lowest BCUT2D eigenvalue weighted by atomic mass is 10.1. The number of halogens is 1. The van der Waals surface area contributed by atoms with Gasteiger partial charge in [-0.15, -0.1) is 21.5 Å². The van der Waals surface area contributed by atoms with Crippen molar-refractivity contribution in [3.63, 3.8) is 0 Å². The largest absolute Gasteiger partial charge is 0.346 e. The van der Waals surface area contributed by atoms with Gasteiger partial charge in [0.2, 0.25) is 5.01 Å². The average molecular weight is 390 g/mol. The summed E-state index contributed by atoms with van der Waals surface area (Å²) in [4.78, 5) is 13.3. The van der Waals surface area contributed by atoms with Crippen LogP contribution in [0.25, 0.3) is 11.1 Å². The molecule has 2 heterocycles. The number of carbonyl (C=O) groups excluding carboxylic acids is 1. The van der Waals surface area contributed by atoms with Crippen LogP contribution < -0.4 is 5.32 Å². The second kappa shape index (κ2) is 7.91. The van der Waals surface area contributed by atoms with Gasteiger partial charge in [-0.05, 0) is 42.5 Å². The zero-order valence-electron chi connectivity index (χ0n) is 13.7. The number of hydrogen-bond donors (Lipinski definition) is 1. The fraction of sp³-hybridized carbons (Fsp3) is 0.167. The second-order valence-electron chi connectivity index (χ2n) is 5.54. The van der Waals surface area contributed by atoms with Crippen molar-refractivity contribution in [2.75, 3.05) is 0 Å². The van der Waals surface area contributed by atoms with Crippen LogP contribution in [0.2, 0.25) is 0 Å². The first-order valence-corrected chi connectivity index (χ1v) is 9.69. The topological polar surface area (TPSA) is 54.9 Å². The molecule has 0 unspecified atom stereocenters. The van der Waals surface area contributed by atoms with E-state index in [2.05, 4.69) is 15.5 Å². The Labute approximate surface area is 159 Å². The van der Waals surface area contributed by atoms with E-state index in [-0.39, 0.29) is 5.91 Å². The summed E-state index contributed by atoms with van der Waals surface area (Å²) in [6, 6.07) is 10.0. The third kappa shape index (κ3) is 4.54. The van der Waals surface area contributed by atoms with Crippen LogP contribution in [0.1, 0.15) is 36.4 Å². The Kier molecular flexibility index (Phi) is 5.63. The van der Waals surface area contributed by atoms with E-state index < -0.39 is 0 Å². The number of benzene rings is 1. The van der Waals surface area contributed by atoms with E-state index >= 15 is 0 Å². The van der Waals surface area contributed by atoms with Crippen molar-refractivity contribution in [3.05, 3.63) is 67.3 Å². The zero-order chi connectivity index (χ0) is 17.8. The standard InChI is InChI=1S/C18H16ClN3OS2/c1-11-3-5-13(6-4-11)10-20-16(23)18-22-21-17(25-18)14(19)9-15-12(2)7-8-24-15/h3-9H,10H2,1-2H3,(H,20,23). The molecule has 4 nitrogen and oxygen atoms in total. The normalized spacial score (nSPS) is 11.6. The number of carbonyl (C=O) groups is 1. The summed E-state index contributed by atoms with van der Waals surface area (Å²) in [6.07, 6.45) is 1.86. The zero-order valence-corrected chi connectivity index (χ0v) is 16.1. The smallest absolute Gasteiger partial charge is 0.282 e. The highest BCUT2D eigenvalue weighted by Gasteiger charge is 2.14. The number of nitrogens with one attached hydrogen (secondary N) is 1. The van der Waals surface area contributed by atoms with Gasteiger partial charge in [0.1, 0.15) is 0 Å². The van der Waals surface area contributed by atoms with Crippen LogP contribution in [0.15, 0.2) is 35.7 Å². The maximum atomic E-state index is 12.2. The molecule has 1 amide bonds. The molecule has 0 aliphatic carbocycles. The molecular formula is C18H16ClN3OS2. The first kappa shape index (κ1) is 17.8. The van der Waals surface area contributed by atoms with Gasteiger partial charge in [-0.3, -0.25) is 4.79 Å². The molecule has 3 aromatic rings. The molecule has 128 valence electrons. The average Bonchev–Trinajstić information content (AvgIpc) is 3.24. The van der Waals surface area contributed by atoms with Gasteiger partial charge < -0.3 is 5.32 Å². The molecule has 3 rings (SSSR count). The van der Waals surface area contributed by atoms with Gasteiger partial charge in [0, 0.05) is 11.4 Å². The fourth-order valence-corrected chi connectivity index (χ4v) is 3.94. The molecule has 1 N–H and O–H groups in total. The van der Waals surface area contributed by atoms with Crippen molar-refractivity contribution in [2.24, 2.45) is 0 Å². The molecule has 0 fully saturated rings. The van der Waals surface area contributed by atoms with Crippen molar-refractivity contribution >= 4 is 51.3 Å². The summed E-state index contributed by atoms with van der Waals surface area (Å²) in [5, 5.41) is 14.2. The van der Waals surface area contributed by atoms with E-state index in [1.165, 1.54) is 16.9 Å². The summed E-state index contributed by atoms with van der Waals surface area (Å²) in [5.74, 6) is -0.249. The Morgan fingerprint density at radius 2 is 1.88 bits per heavy atom. The Morgan fingerprint density at radius 3 is 2.56 bits per heavy atom. The molecule has 0 aliphatic rings. The Balaban J connectivity index is 1.66. The summed E-state index contributed by atoms with van der Waals surface area (Å²) in [7, 11) is 0. The van der Waals surface area contributed by atoms with Crippen molar-refractivity contribution < 1.29 is 4.79 Å². The molecule has 0 saturated carbocycles. The Bertz CT molecular complexity index is 913. The first-order chi connectivity index (χ1) is 12.0. The highest BCUT2D eigenvalue weighted by Crippen LogP contribution is 2.28. The Morgan fingerprint density at radius 1 is 1.16 bits per heavy atom. The monoisotopic (exact) mass is 389 g/mol. The molecule has 0 bridgehead atoms. The minimum absolute atomic E-state index is 0.249. The van der Waals surface area contributed by atoms with Crippen LogP contribution >= 0.6 is 34.3 Å². The molecule has 0 spiro atoms. The molecule has 2 aromatic heterocycles. The predicted octanol–water partition coefficient (Wildman–Crippen LogP) is 4.88. The lowest BCUT2D eigenvalue weighted by Crippen LogP contribution is -2.22. The highest BCUT2D eigenvalue weighted by atomic mass is 35.5. The molecular weight excluding hydrogens is 374 g/mol. The lowest BCUT2D eigenvalue weighted by Gasteiger charge is -2.03. The molecule has 0 radical (unpaired) electrons. The number of amides is 1. The van der Waals surface area contributed by atoms with Gasteiger partial charge in [0.25, 0.3) is 5.91 Å². The van der Waals surface area contributed by atoms with Crippen LogP contribution in [0.4, 0.5) is 0 Å². The summed E-state index contributed by atoms with van der Waals surface area (Å²) in [6.45, 7) is 4.50. The summed E-state index contributed by atoms with van der Waals surface area (Å²) >= 11 is 9.11. The van der Waals surface area contributed by atoms with Crippen LogP contribution in [0, 0.1) is 13.8 Å². The summed E-state index contributed by atoms with van der Waals surface area (Å²) < 4.78 is 0. The van der Waals surface area contributed by atoms with Crippen molar-refractivity contribution in [2.45, 2.75) is 20.4 Å². The predicted molar refractivity (Wildman–Crippen MR) is 105 cm³/mol. The molecule has 0 saturated heterocycles. The number of nitrogens with zero attached hydrogens (tertiary/aromatic N) is 2. The number of aryl methyl sites for hydroxylation is 2. The van der Waals surface area contributed by atoms with Crippen molar-refractivity contribution in [3.8, 4) is 0 Å². The molecule has 0 atom stereocenters. The molecule has 7 heteroatoms. The van der Waals surface area contributed by atoms with Gasteiger partial charge in [0.05, 0.1) is 5.03 Å². The lowest BCUT2D eigenvalue weighted by molar-refractivity contribution is 0.0950. The van der Waals surface area contributed by atoms with E-state index in [4.69, 9.17) is 11.6 Å². The maximum Gasteiger partial charge on any atom is 0.282 e. The quantitative estimate of drug-likeness (QED) is 0.676. The van der Waals surface area contributed by atoms with Crippen LogP contribution in [0.3, 0.4) is 0 Å². The number of aromatic nitrogens is 2. The van der Waals surface area contributed by atoms with E-state index in [1.807, 2.05) is 55.6 Å². The van der Waals surface area contributed by atoms with Crippen LogP contribution in [-0.2, 0) is 6.54 Å². The molecule has 1 aromatic carbocycles. The highest BCUT2D eigenvalue weighted by molar-refractivity contribution is 7.15. The molecule has 25 heavy (non-hydrogen) atoms. The minimum Gasteiger partial charge on any atom is -0.346 e. The van der Waals surface area contributed by atoms with Gasteiger partial charge in [-0.1, -0.05) is 52.8 Å². The third-order valence-corrected chi connectivity index (χ3v) is 5.88. The maximum absolute atomic E-state index is 12.2. The third-order valence-electron chi connectivity index (χ3n) is 3.56. The van der Waals surface area contributed by atoms with Gasteiger partial charge >= 0.3 is 0 Å². The Hall–Kier alpha value is -2.02. The van der Waals surface area contributed by atoms with Gasteiger partial charge in [0.15, 0.2) is 5.01 Å². The van der Waals surface area contributed by atoms with Crippen LogP contribution in [-0.4, -0.2) is 16.1 Å². The SMILES string of the molecule is Cc1ccc(CNC(=O)c2nnc(C(Cl)=Cc3sccc3C)s2)cc1. The number of thiophene rings is 1. The fourth-order valence-electron chi connectivity index (χ4n) is 2.08. The van der Waals surface area contributed by atoms with Crippen molar-refractivity contribution in [1.82, 2.24) is 15.5 Å². The van der Waals surface area contributed by atoms with Gasteiger partial charge in [-0.25, -0.2) is 0 Å². The van der Waals surface area contributed by atoms with E-state index in [1.54, 1.807) is 11.3 Å². The number of hydrogen-bond acceptors (Lipinski definition) is 5. The second-order valence-corrected chi connectivity index (χ2v) is 7.87. The first-order valence-electron chi connectivity index (χ1n) is 7.62. The van der Waals surface area contributed by atoms with Crippen molar-refractivity contribution in [1.29, 1.82) is 0 Å². The van der Waals surface area contributed by atoms with E-state index in [0.29, 0.717) is 21.6 Å². The van der Waals surface area contributed by atoms with E-state index in [0.717, 1.165) is 16.0 Å². The number of rotatable bonds is 5. The van der Waals surface area contributed by atoms with Gasteiger partial charge in [-0.2, -0.15) is 0 Å². The van der Waals surface area contributed by atoms with Crippen LogP contribution in [0.5, 0.6) is 0 Å². The summed E-state index contributed by atoms with van der Waals surface area (Å²) in [5.41, 5.74) is 3.38. The minimum atomic E-state index is -0.249. The molecule has 0 aliphatic heterocycles.